The van der Waals surface area contributed by atoms with Gasteiger partial charge in [-0.2, -0.15) is 0 Å². The molecule has 0 aromatic heterocycles. The van der Waals surface area contributed by atoms with Gasteiger partial charge < -0.3 is 14.8 Å². The van der Waals surface area contributed by atoms with E-state index in [0.717, 1.165) is 0 Å². The monoisotopic (exact) mass is 311 g/mol. The Bertz CT molecular complexity index is 484. The van der Waals surface area contributed by atoms with Crippen LogP contribution in [0.4, 0.5) is 5.69 Å². The van der Waals surface area contributed by atoms with Crippen molar-refractivity contribution >= 4 is 28.9 Å². The Morgan fingerprint density at radius 3 is 2.19 bits per heavy atom. The quantitative estimate of drug-likeness (QED) is 0.571. The Morgan fingerprint density at radius 1 is 1.14 bits per heavy atom. The third-order valence-corrected chi connectivity index (χ3v) is 2.72. The number of hydrogen-bond donors (Lipinski definition) is 3. The van der Waals surface area contributed by atoms with Gasteiger partial charge in [0.15, 0.2) is 5.11 Å². The van der Waals surface area contributed by atoms with E-state index in [1.165, 1.54) is 0 Å². The molecule has 0 heterocycles. The van der Waals surface area contributed by atoms with Crippen molar-refractivity contribution in [1.82, 2.24) is 10.9 Å². The highest BCUT2D eigenvalue weighted by molar-refractivity contribution is 7.80. The lowest BCUT2D eigenvalue weighted by Crippen LogP contribution is -2.44. The molecule has 7 heteroatoms. The standard InChI is InChI=1S/C14H21N3O3S/c1-9(2)5-13(18)16-17-14(21)15-10-6-11(19-3)8-12(7-10)20-4/h6-9H,5H2,1-4H3,(H,16,18)(H2,15,17,21). The first-order valence-electron chi connectivity index (χ1n) is 6.53. The van der Waals surface area contributed by atoms with E-state index in [9.17, 15) is 4.79 Å². The minimum Gasteiger partial charge on any atom is -0.497 e. The molecule has 1 rings (SSSR count). The fourth-order valence-electron chi connectivity index (χ4n) is 1.59. The largest absolute Gasteiger partial charge is 0.497 e. The van der Waals surface area contributed by atoms with Gasteiger partial charge in [0.25, 0.3) is 0 Å². The van der Waals surface area contributed by atoms with Gasteiger partial charge in [-0.1, -0.05) is 13.8 Å². The van der Waals surface area contributed by atoms with Crippen molar-refractivity contribution in [3.63, 3.8) is 0 Å². The van der Waals surface area contributed by atoms with Gasteiger partial charge >= 0.3 is 0 Å². The van der Waals surface area contributed by atoms with Crippen LogP contribution in [0.15, 0.2) is 18.2 Å². The number of amides is 1. The van der Waals surface area contributed by atoms with E-state index in [-0.39, 0.29) is 16.9 Å². The fourth-order valence-corrected chi connectivity index (χ4v) is 1.76. The molecular formula is C14H21N3O3S. The number of carbonyl (C=O) groups is 1. The number of anilines is 1. The van der Waals surface area contributed by atoms with Crippen LogP contribution < -0.4 is 25.6 Å². The third-order valence-electron chi connectivity index (χ3n) is 2.52. The van der Waals surface area contributed by atoms with Gasteiger partial charge in [0.05, 0.1) is 14.2 Å². The summed E-state index contributed by atoms with van der Waals surface area (Å²) in [5, 5.41) is 3.23. The van der Waals surface area contributed by atoms with Crippen LogP contribution in [0.3, 0.4) is 0 Å². The maximum absolute atomic E-state index is 11.5. The summed E-state index contributed by atoms with van der Waals surface area (Å²) in [4.78, 5) is 11.5. The van der Waals surface area contributed by atoms with Crippen LogP contribution in [0.2, 0.25) is 0 Å². The summed E-state index contributed by atoms with van der Waals surface area (Å²) in [5.74, 6) is 1.46. The normalized spacial score (nSPS) is 9.95. The lowest BCUT2D eigenvalue weighted by molar-refractivity contribution is -0.122. The van der Waals surface area contributed by atoms with Crippen LogP contribution in [0.25, 0.3) is 0 Å². The highest BCUT2D eigenvalue weighted by atomic mass is 32.1. The number of nitrogens with one attached hydrogen (secondary N) is 3. The fraction of sp³-hybridized carbons (Fsp3) is 0.429. The Hall–Kier alpha value is -2.02. The zero-order valence-corrected chi connectivity index (χ0v) is 13.5. The molecule has 0 aliphatic carbocycles. The molecule has 1 aromatic rings. The number of hydrogen-bond acceptors (Lipinski definition) is 4. The summed E-state index contributed by atoms with van der Waals surface area (Å²) in [6.45, 7) is 3.94. The zero-order chi connectivity index (χ0) is 15.8. The summed E-state index contributed by atoms with van der Waals surface area (Å²) in [5.41, 5.74) is 5.88. The van der Waals surface area contributed by atoms with E-state index in [1.54, 1.807) is 32.4 Å². The second-order valence-electron chi connectivity index (χ2n) is 4.83. The smallest absolute Gasteiger partial charge is 0.238 e. The Balaban J connectivity index is 2.56. The molecule has 0 unspecified atom stereocenters. The maximum atomic E-state index is 11.5. The van der Waals surface area contributed by atoms with Gasteiger partial charge in [-0.15, -0.1) is 0 Å². The summed E-state index contributed by atoms with van der Waals surface area (Å²) in [6.07, 6.45) is 0.433. The van der Waals surface area contributed by atoms with E-state index in [0.29, 0.717) is 23.6 Å². The van der Waals surface area contributed by atoms with Gasteiger partial charge in [0.2, 0.25) is 5.91 Å². The summed E-state index contributed by atoms with van der Waals surface area (Å²) in [7, 11) is 3.14. The molecule has 6 nitrogen and oxygen atoms in total. The van der Waals surface area contributed by atoms with E-state index in [2.05, 4.69) is 16.2 Å². The van der Waals surface area contributed by atoms with Gasteiger partial charge in [0.1, 0.15) is 11.5 Å². The molecule has 0 aliphatic heterocycles. The van der Waals surface area contributed by atoms with Crippen LogP contribution in [-0.4, -0.2) is 25.2 Å². The maximum Gasteiger partial charge on any atom is 0.238 e. The average molecular weight is 311 g/mol. The number of benzene rings is 1. The number of rotatable bonds is 5. The molecule has 0 radical (unpaired) electrons. The Morgan fingerprint density at radius 2 is 1.71 bits per heavy atom. The second-order valence-corrected chi connectivity index (χ2v) is 5.23. The van der Waals surface area contributed by atoms with Crippen LogP contribution in [-0.2, 0) is 4.79 Å². The topological polar surface area (TPSA) is 71.6 Å². The summed E-state index contributed by atoms with van der Waals surface area (Å²) in [6, 6.07) is 5.30. The molecular weight excluding hydrogens is 290 g/mol. The van der Waals surface area contributed by atoms with Crippen molar-refractivity contribution in [3.8, 4) is 11.5 Å². The lowest BCUT2D eigenvalue weighted by Gasteiger charge is -2.14. The van der Waals surface area contributed by atoms with Crippen molar-refractivity contribution in [2.24, 2.45) is 5.92 Å². The van der Waals surface area contributed by atoms with E-state index in [4.69, 9.17) is 21.7 Å². The van der Waals surface area contributed by atoms with Crippen LogP contribution in [0.5, 0.6) is 11.5 Å². The molecule has 1 aromatic carbocycles. The number of thiocarbonyl (C=S) groups is 1. The molecule has 3 N–H and O–H groups in total. The number of carbonyl (C=O) groups excluding carboxylic acids is 1. The molecule has 0 saturated heterocycles. The van der Waals surface area contributed by atoms with E-state index >= 15 is 0 Å². The van der Waals surface area contributed by atoms with Crippen molar-refractivity contribution < 1.29 is 14.3 Å². The van der Waals surface area contributed by atoms with Crippen molar-refractivity contribution in [3.05, 3.63) is 18.2 Å². The molecule has 0 spiro atoms. The van der Waals surface area contributed by atoms with Gasteiger partial charge in [-0.3, -0.25) is 15.6 Å². The van der Waals surface area contributed by atoms with Crippen LogP contribution >= 0.6 is 12.2 Å². The van der Waals surface area contributed by atoms with Gasteiger partial charge in [-0.05, 0) is 18.1 Å². The Kier molecular flexibility index (Phi) is 6.74. The van der Waals surface area contributed by atoms with Gasteiger partial charge in [0, 0.05) is 30.3 Å². The number of methoxy groups -OCH3 is 2. The van der Waals surface area contributed by atoms with Crippen molar-refractivity contribution in [2.75, 3.05) is 19.5 Å². The molecule has 116 valence electrons. The molecule has 0 atom stereocenters. The van der Waals surface area contributed by atoms with Crippen molar-refractivity contribution in [2.45, 2.75) is 20.3 Å². The SMILES string of the molecule is COc1cc(NC(=S)NNC(=O)CC(C)C)cc(OC)c1. The first kappa shape index (κ1) is 17.0. The van der Waals surface area contributed by atoms with E-state index in [1.807, 2.05) is 13.8 Å². The Labute approximate surface area is 130 Å². The first-order valence-corrected chi connectivity index (χ1v) is 6.94. The average Bonchev–Trinajstić information content (AvgIpc) is 2.44. The highest BCUT2D eigenvalue weighted by Gasteiger charge is 2.06. The molecule has 0 saturated carbocycles. The lowest BCUT2D eigenvalue weighted by atomic mass is 10.1. The predicted molar refractivity (Wildman–Crippen MR) is 86.5 cm³/mol. The van der Waals surface area contributed by atoms with Crippen molar-refractivity contribution in [1.29, 1.82) is 0 Å². The molecule has 1 amide bonds. The number of hydrazine groups is 1. The minimum absolute atomic E-state index is 0.114. The predicted octanol–water partition coefficient (Wildman–Crippen LogP) is 2.07. The van der Waals surface area contributed by atoms with Crippen LogP contribution in [0, 0.1) is 5.92 Å². The zero-order valence-electron chi connectivity index (χ0n) is 12.6. The summed E-state index contributed by atoms with van der Waals surface area (Å²) >= 11 is 5.11. The summed E-state index contributed by atoms with van der Waals surface area (Å²) < 4.78 is 10.3. The second kappa shape index (κ2) is 8.31. The number of ether oxygens (including phenoxy) is 2. The molecule has 0 fully saturated rings. The molecule has 0 bridgehead atoms. The van der Waals surface area contributed by atoms with Gasteiger partial charge in [-0.25, -0.2) is 0 Å². The van der Waals surface area contributed by atoms with E-state index < -0.39 is 0 Å². The molecule has 0 aliphatic rings. The molecule has 21 heavy (non-hydrogen) atoms. The minimum atomic E-state index is -0.114. The highest BCUT2D eigenvalue weighted by Crippen LogP contribution is 2.25. The van der Waals surface area contributed by atoms with Crippen LogP contribution in [0.1, 0.15) is 20.3 Å². The first-order chi connectivity index (χ1) is 9.94. The third kappa shape index (κ3) is 6.31.